The molecule has 1 atom stereocenters. The Morgan fingerprint density at radius 2 is 2.20 bits per heavy atom. The first kappa shape index (κ1) is 9.21. The molecule has 0 bridgehead atoms. The van der Waals surface area contributed by atoms with Gasteiger partial charge in [-0.2, -0.15) is 5.10 Å². The van der Waals surface area contributed by atoms with Gasteiger partial charge in [0.1, 0.15) is 5.82 Å². The fraction of sp³-hybridized carbons (Fsp3) is 0.727. The lowest BCUT2D eigenvalue weighted by Crippen LogP contribution is -2.35. The Hall–Kier alpha value is -1.03. The molecule has 0 aromatic carbocycles. The van der Waals surface area contributed by atoms with Crippen molar-refractivity contribution < 1.29 is 4.74 Å². The lowest BCUT2D eigenvalue weighted by molar-refractivity contribution is 0.0439. The van der Waals surface area contributed by atoms with Gasteiger partial charge in [0.2, 0.25) is 0 Å². The molecule has 1 saturated heterocycles. The van der Waals surface area contributed by atoms with Crippen LogP contribution in [0.25, 0.3) is 0 Å². The van der Waals surface area contributed by atoms with Gasteiger partial charge in [-0.1, -0.05) is 0 Å². The zero-order chi connectivity index (χ0) is 10.1. The van der Waals surface area contributed by atoms with Crippen molar-refractivity contribution in [3.63, 3.8) is 0 Å². The zero-order valence-corrected chi connectivity index (χ0v) is 8.85. The summed E-state index contributed by atoms with van der Waals surface area (Å²) in [6.07, 6.45) is 4.29. The van der Waals surface area contributed by atoms with Gasteiger partial charge >= 0.3 is 0 Å². The first-order chi connectivity index (χ1) is 7.43. The van der Waals surface area contributed by atoms with Crippen molar-refractivity contribution in [2.45, 2.75) is 19.4 Å². The van der Waals surface area contributed by atoms with Crippen molar-refractivity contribution in [2.75, 3.05) is 25.1 Å². The van der Waals surface area contributed by atoms with Crippen LogP contribution in [0.4, 0.5) is 5.82 Å². The first-order valence-electron chi connectivity index (χ1n) is 5.77. The number of nitrogens with zero attached hydrogens (tertiary/aromatic N) is 2. The molecule has 0 aliphatic carbocycles. The molecule has 0 radical (unpaired) electrons. The van der Waals surface area contributed by atoms with E-state index in [1.807, 2.05) is 12.3 Å². The highest BCUT2D eigenvalue weighted by Gasteiger charge is 2.27. The smallest absolute Gasteiger partial charge is 0.124 e. The van der Waals surface area contributed by atoms with Gasteiger partial charge in [0, 0.05) is 32.4 Å². The molecule has 1 unspecified atom stereocenters. The second kappa shape index (κ2) is 3.85. The number of nitrogens with one attached hydrogen (secondary N) is 1. The minimum Gasteiger partial charge on any atom is -0.381 e. The Bertz CT molecular complexity index is 330. The molecule has 0 spiro atoms. The number of aromatic nitrogens is 2. The largest absolute Gasteiger partial charge is 0.381 e. The number of hydrogen-bond acceptors (Lipinski definition) is 3. The fourth-order valence-electron chi connectivity index (χ4n) is 2.65. The van der Waals surface area contributed by atoms with E-state index in [0.717, 1.165) is 38.1 Å². The molecule has 3 rings (SSSR count). The molecule has 0 saturated carbocycles. The average Bonchev–Trinajstić information content (AvgIpc) is 2.77. The van der Waals surface area contributed by atoms with Crippen molar-refractivity contribution in [1.82, 2.24) is 9.78 Å². The summed E-state index contributed by atoms with van der Waals surface area (Å²) >= 11 is 0. The molecule has 4 nitrogen and oxygen atoms in total. The van der Waals surface area contributed by atoms with E-state index in [4.69, 9.17) is 4.74 Å². The second-order valence-electron chi connectivity index (χ2n) is 4.49. The molecule has 1 aromatic heterocycles. The van der Waals surface area contributed by atoms with Crippen LogP contribution >= 0.6 is 0 Å². The summed E-state index contributed by atoms with van der Waals surface area (Å²) in [4.78, 5) is 0. The van der Waals surface area contributed by atoms with Crippen LogP contribution in [0.3, 0.4) is 0 Å². The van der Waals surface area contributed by atoms with E-state index in [0.29, 0.717) is 0 Å². The van der Waals surface area contributed by atoms with E-state index in [-0.39, 0.29) is 0 Å². The summed E-state index contributed by atoms with van der Waals surface area (Å²) in [6.45, 7) is 4.04. The monoisotopic (exact) mass is 207 g/mol. The SMILES string of the molecule is c1cc2n(n1)CC(C1CCOCC1)CN2. The van der Waals surface area contributed by atoms with Gasteiger partial charge in [0.25, 0.3) is 0 Å². The van der Waals surface area contributed by atoms with Crippen LogP contribution in [0.2, 0.25) is 0 Å². The average molecular weight is 207 g/mol. The highest BCUT2D eigenvalue weighted by molar-refractivity contribution is 5.35. The quantitative estimate of drug-likeness (QED) is 0.755. The Balaban J connectivity index is 1.69. The van der Waals surface area contributed by atoms with Gasteiger partial charge < -0.3 is 10.1 Å². The molecule has 0 amide bonds. The number of fused-ring (bicyclic) bond motifs is 1. The summed E-state index contributed by atoms with van der Waals surface area (Å²) < 4.78 is 7.49. The first-order valence-corrected chi connectivity index (χ1v) is 5.77. The van der Waals surface area contributed by atoms with Gasteiger partial charge in [-0.05, 0) is 24.7 Å². The van der Waals surface area contributed by atoms with Crippen molar-refractivity contribution in [1.29, 1.82) is 0 Å². The maximum Gasteiger partial charge on any atom is 0.124 e. The lowest BCUT2D eigenvalue weighted by Gasteiger charge is -2.33. The third-order valence-electron chi connectivity index (χ3n) is 3.60. The standard InChI is InChI=1S/C11H17N3O/c1-4-13-14-8-10(7-12-11(1)14)9-2-5-15-6-3-9/h1,4,9-10,12H,2-3,5-8H2. The van der Waals surface area contributed by atoms with Crippen LogP contribution in [-0.4, -0.2) is 29.5 Å². The summed E-state index contributed by atoms with van der Waals surface area (Å²) in [5.41, 5.74) is 0. The molecule has 4 heteroatoms. The number of rotatable bonds is 1. The van der Waals surface area contributed by atoms with Crippen molar-refractivity contribution >= 4 is 5.82 Å². The minimum atomic E-state index is 0.723. The molecule has 1 N–H and O–H groups in total. The maximum atomic E-state index is 5.40. The highest BCUT2D eigenvalue weighted by atomic mass is 16.5. The third kappa shape index (κ3) is 1.74. The van der Waals surface area contributed by atoms with Crippen molar-refractivity contribution in [3.05, 3.63) is 12.3 Å². The topological polar surface area (TPSA) is 39.1 Å². The zero-order valence-electron chi connectivity index (χ0n) is 8.85. The van der Waals surface area contributed by atoms with Gasteiger partial charge in [-0.15, -0.1) is 0 Å². The summed E-state index contributed by atoms with van der Waals surface area (Å²) in [5.74, 6) is 2.70. The van der Waals surface area contributed by atoms with E-state index in [1.54, 1.807) is 0 Å². The molecule has 2 aliphatic heterocycles. The van der Waals surface area contributed by atoms with Crippen LogP contribution in [0.1, 0.15) is 12.8 Å². The summed E-state index contributed by atoms with van der Waals surface area (Å²) in [7, 11) is 0. The van der Waals surface area contributed by atoms with E-state index in [9.17, 15) is 0 Å². The van der Waals surface area contributed by atoms with Crippen LogP contribution in [0.15, 0.2) is 12.3 Å². The van der Waals surface area contributed by atoms with Gasteiger partial charge in [-0.25, -0.2) is 4.68 Å². The van der Waals surface area contributed by atoms with Crippen molar-refractivity contribution in [2.24, 2.45) is 11.8 Å². The fourth-order valence-corrected chi connectivity index (χ4v) is 2.65. The van der Waals surface area contributed by atoms with Crippen LogP contribution in [-0.2, 0) is 11.3 Å². The van der Waals surface area contributed by atoms with E-state index in [1.165, 1.54) is 18.7 Å². The van der Waals surface area contributed by atoms with Crippen LogP contribution in [0.5, 0.6) is 0 Å². The predicted molar refractivity (Wildman–Crippen MR) is 57.7 cm³/mol. The molecule has 3 heterocycles. The predicted octanol–water partition coefficient (Wildman–Crippen LogP) is 1.35. The normalized spacial score (nSPS) is 27.1. The molecule has 15 heavy (non-hydrogen) atoms. The Labute approximate surface area is 89.6 Å². The molecule has 1 aromatic rings. The van der Waals surface area contributed by atoms with Crippen LogP contribution in [0, 0.1) is 11.8 Å². The third-order valence-corrected chi connectivity index (χ3v) is 3.60. The Morgan fingerprint density at radius 1 is 1.33 bits per heavy atom. The number of anilines is 1. The van der Waals surface area contributed by atoms with Crippen molar-refractivity contribution in [3.8, 4) is 0 Å². The minimum absolute atomic E-state index is 0.723. The van der Waals surface area contributed by atoms with Gasteiger partial charge in [0.15, 0.2) is 0 Å². The lowest BCUT2D eigenvalue weighted by atomic mass is 9.85. The molecule has 2 aliphatic rings. The summed E-state index contributed by atoms with van der Waals surface area (Å²) in [5, 5.41) is 7.77. The highest BCUT2D eigenvalue weighted by Crippen LogP contribution is 2.28. The van der Waals surface area contributed by atoms with Gasteiger partial charge in [-0.3, -0.25) is 0 Å². The van der Waals surface area contributed by atoms with E-state index in [2.05, 4.69) is 15.1 Å². The second-order valence-corrected chi connectivity index (χ2v) is 4.49. The number of ether oxygens (including phenoxy) is 1. The Morgan fingerprint density at radius 3 is 3.07 bits per heavy atom. The van der Waals surface area contributed by atoms with E-state index < -0.39 is 0 Å². The molecule has 82 valence electrons. The summed E-state index contributed by atoms with van der Waals surface area (Å²) in [6, 6.07) is 2.04. The maximum absolute atomic E-state index is 5.40. The van der Waals surface area contributed by atoms with E-state index >= 15 is 0 Å². The van der Waals surface area contributed by atoms with Crippen LogP contribution < -0.4 is 5.32 Å². The Kier molecular flexibility index (Phi) is 2.37. The van der Waals surface area contributed by atoms with Gasteiger partial charge in [0.05, 0.1) is 6.20 Å². The molecule has 1 fully saturated rings. The number of hydrogen-bond donors (Lipinski definition) is 1. The molecular weight excluding hydrogens is 190 g/mol. The molecular formula is C11H17N3O.